The number of hydrogen-bond acceptors (Lipinski definition) is 4. The minimum absolute atomic E-state index is 0.0919. The summed E-state index contributed by atoms with van der Waals surface area (Å²) in [5, 5.41) is 2.14. The molecule has 0 spiro atoms. The smallest absolute Gasteiger partial charge is 0.297 e. The van der Waals surface area contributed by atoms with E-state index in [-0.39, 0.29) is 22.7 Å². The lowest BCUT2D eigenvalue weighted by molar-refractivity contribution is -0.112. The Hall–Kier alpha value is -2.11. The highest BCUT2D eigenvalue weighted by atomic mass is 19.1. The largest absolute Gasteiger partial charge is 0.496 e. The quantitative estimate of drug-likeness (QED) is 0.762. The third-order valence-corrected chi connectivity index (χ3v) is 2.31. The first-order valence-electron chi connectivity index (χ1n) is 4.40. The van der Waals surface area contributed by atoms with Gasteiger partial charge < -0.3 is 14.8 Å². The van der Waals surface area contributed by atoms with Gasteiger partial charge in [-0.3, -0.25) is 9.59 Å². The third-order valence-electron chi connectivity index (χ3n) is 2.31. The summed E-state index contributed by atoms with van der Waals surface area (Å²) in [7, 11) is 2.60. The zero-order valence-electron chi connectivity index (χ0n) is 8.59. The van der Waals surface area contributed by atoms with Gasteiger partial charge in [-0.05, 0) is 0 Å². The molecule has 0 aliphatic carbocycles. The minimum atomic E-state index is -0.875. The Morgan fingerprint density at radius 2 is 1.81 bits per heavy atom. The van der Waals surface area contributed by atoms with E-state index in [2.05, 4.69) is 5.32 Å². The highest BCUT2D eigenvalue weighted by Crippen LogP contribution is 2.39. The van der Waals surface area contributed by atoms with Gasteiger partial charge in [0.15, 0.2) is 11.6 Å². The van der Waals surface area contributed by atoms with Crippen LogP contribution in [0.25, 0.3) is 0 Å². The molecule has 2 rings (SSSR count). The molecular weight excluding hydrogens is 217 g/mol. The molecule has 6 heteroatoms. The minimum Gasteiger partial charge on any atom is -0.496 e. The van der Waals surface area contributed by atoms with Gasteiger partial charge >= 0.3 is 0 Å². The van der Waals surface area contributed by atoms with Gasteiger partial charge in [0.1, 0.15) is 5.75 Å². The monoisotopic (exact) mass is 225 g/mol. The molecule has 0 saturated heterocycles. The molecule has 0 bridgehead atoms. The van der Waals surface area contributed by atoms with Crippen molar-refractivity contribution in [3.63, 3.8) is 0 Å². The number of methoxy groups -OCH3 is 2. The number of benzene rings is 1. The molecule has 1 N–H and O–H groups in total. The van der Waals surface area contributed by atoms with Gasteiger partial charge in [-0.1, -0.05) is 0 Å². The van der Waals surface area contributed by atoms with Gasteiger partial charge in [0.25, 0.3) is 11.7 Å². The fraction of sp³-hybridized carbons (Fsp3) is 0.200. The van der Waals surface area contributed by atoms with Crippen molar-refractivity contribution in [3.05, 3.63) is 17.4 Å². The van der Waals surface area contributed by atoms with E-state index in [1.807, 2.05) is 0 Å². The molecule has 1 aliphatic heterocycles. The number of nitrogens with one attached hydrogen (secondary N) is 1. The number of carbonyl (C=O) groups excluding carboxylic acids is 2. The van der Waals surface area contributed by atoms with Gasteiger partial charge in [0.2, 0.25) is 0 Å². The van der Waals surface area contributed by atoms with E-state index in [0.29, 0.717) is 0 Å². The molecule has 0 aromatic heterocycles. The molecule has 1 aromatic rings. The number of amides is 1. The number of ether oxygens (including phenoxy) is 2. The molecule has 0 saturated carbocycles. The van der Waals surface area contributed by atoms with Crippen LogP contribution in [0.5, 0.6) is 11.5 Å². The Balaban J connectivity index is 2.73. The molecule has 16 heavy (non-hydrogen) atoms. The van der Waals surface area contributed by atoms with Gasteiger partial charge in [0.05, 0.1) is 25.5 Å². The first kappa shape index (κ1) is 10.4. The van der Waals surface area contributed by atoms with Crippen LogP contribution >= 0.6 is 0 Å². The SMILES string of the molecule is COc1cc(OC)c2c(c1F)NC(=O)C2=O. The van der Waals surface area contributed by atoms with Crippen LogP contribution in [-0.2, 0) is 4.79 Å². The van der Waals surface area contributed by atoms with E-state index in [0.717, 1.165) is 0 Å². The predicted molar refractivity (Wildman–Crippen MR) is 52.5 cm³/mol. The second-order valence-corrected chi connectivity index (χ2v) is 3.13. The Kier molecular flexibility index (Phi) is 2.26. The van der Waals surface area contributed by atoms with Gasteiger partial charge in [-0.15, -0.1) is 0 Å². The fourth-order valence-electron chi connectivity index (χ4n) is 1.55. The van der Waals surface area contributed by atoms with Crippen LogP contribution in [0.3, 0.4) is 0 Å². The average Bonchev–Trinajstić information content (AvgIpc) is 2.58. The van der Waals surface area contributed by atoms with Crippen LogP contribution in [-0.4, -0.2) is 25.9 Å². The van der Waals surface area contributed by atoms with Crippen molar-refractivity contribution in [3.8, 4) is 11.5 Å². The Labute approximate surface area is 90.2 Å². The van der Waals surface area contributed by atoms with E-state index >= 15 is 0 Å². The normalized spacial score (nSPS) is 13.4. The van der Waals surface area contributed by atoms with Crippen molar-refractivity contribution in [1.29, 1.82) is 0 Å². The summed E-state index contributed by atoms with van der Waals surface area (Å²) in [5.74, 6) is -2.45. The van der Waals surface area contributed by atoms with Crippen molar-refractivity contribution >= 4 is 17.4 Å². The number of hydrogen-bond donors (Lipinski definition) is 1. The van der Waals surface area contributed by atoms with Gasteiger partial charge in [0, 0.05) is 6.07 Å². The summed E-state index contributed by atoms with van der Waals surface area (Å²) in [5.41, 5.74) is -0.281. The lowest BCUT2D eigenvalue weighted by Gasteiger charge is -2.09. The summed E-state index contributed by atoms with van der Waals surface area (Å²) in [6.45, 7) is 0. The van der Waals surface area contributed by atoms with Gasteiger partial charge in [-0.2, -0.15) is 0 Å². The van der Waals surface area contributed by atoms with Crippen LogP contribution in [0.4, 0.5) is 10.1 Å². The highest BCUT2D eigenvalue weighted by molar-refractivity contribution is 6.52. The molecule has 1 amide bonds. The molecule has 1 aliphatic rings. The lowest BCUT2D eigenvalue weighted by atomic mass is 10.1. The maximum Gasteiger partial charge on any atom is 0.297 e. The number of Topliss-reactive ketones (excluding diaryl/α,β-unsaturated/α-hetero) is 1. The van der Waals surface area contributed by atoms with E-state index < -0.39 is 17.5 Å². The number of ketones is 1. The topological polar surface area (TPSA) is 64.6 Å². The first-order chi connectivity index (χ1) is 7.60. The maximum absolute atomic E-state index is 13.7. The van der Waals surface area contributed by atoms with Crippen molar-refractivity contribution in [1.82, 2.24) is 0 Å². The molecular formula is C10H8FNO4. The number of fused-ring (bicyclic) bond motifs is 1. The molecule has 0 radical (unpaired) electrons. The van der Waals surface area contributed by atoms with Crippen molar-refractivity contribution in [2.24, 2.45) is 0 Å². The lowest BCUT2D eigenvalue weighted by Crippen LogP contribution is -2.12. The van der Waals surface area contributed by atoms with E-state index in [1.165, 1.54) is 20.3 Å². The van der Waals surface area contributed by atoms with Crippen LogP contribution < -0.4 is 14.8 Å². The van der Waals surface area contributed by atoms with E-state index in [4.69, 9.17) is 9.47 Å². The molecule has 0 unspecified atom stereocenters. The maximum atomic E-state index is 13.7. The second-order valence-electron chi connectivity index (χ2n) is 3.13. The second kappa shape index (κ2) is 3.48. The first-order valence-corrected chi connectivity index (χ1v) is 4.40. The van der Waals surface area contributed by atoms with Crippen molar-refractivity contribution in [2.75, 3.05) is 19.5 Å². The summed E-state index contributed by atoms with van der Waals surface area (Å²) in [6, 6.07) is 1.23. The zero-order valence-corrected chi connectivity index (χ0v) is 8.59. The van der Waals surface area contributed by atoms with E-state index in [1.54, 1.807) is 0 Å². The third kappa shape index (κ3) is 1.23. The summed E-state index contributed by atoms with van der Waals surface area (Å²) < 4.78 is 23.4. The Bertz CT molecular complexity index is 498. The summed E-state index contributed by atoms with van der Waals surface area (Å²) in [6.07, 6.45) is 0. The standard InChI is InChI=1S/C10H8FNO4/c1-15-4-3-5(16-2)7(11)8-6(4)9(13)10(14)12-8/h3H,1-2H3,(H,12,13,14). The summed E-state index contributed by atoms with van der Waals surface area (Å²) >= 11 is 0. The number of rotatable bonds is 2. The van der Waals surface area contributed by atoms with Crippen LogP contribution in [0.2, 0.25) is 0 Å². The Morgan fingerprint density at radius 3 is 2.38 bits per heavy atom. The zero-order chi connectivity index (χ0) is 11.9. The molecule has 1 aromatic carbocycles. The van der Waals surface area contributed by atoms with Crippen LogP contribution in [0.1, 0.15) is 10.4 Å². The van der Waals surface area contributed by atoms with Crippen molar-refractivity contribution in [2.45, 2.75) is 0 Å². The number of halogens is 1. The Morgan fingerprint density at radius 1 is 1.19 bits per heavy atom. The fourth-order valence-corrected chi connectivity index (χ4v) is 1.55. The van der Waals surface area contributed by atoms with Crippen LogP contribution in [0.15, 0.2) is 6.07 Å². The highest BCUT2D eigenvalue weighted by Gasteiger charge is 2.35. The number of anilines is 1. The predicted octanol–water partition coefficient (Wildman–Crippen LogP) is 0.978. The number of carbonyl (C=O) groups is 2. The van der Waals surface area contributed by atoms with Crippen molar-refractivity contribution < 1.29 is 23.5 Å². The average molecular weight is 225 g/mol. The molecule has 84 valence electrons. The molecule has 5 nitrogen and oxygen atoms in total. The molecule has 0 fully saturated rings. The van der Waals surface area contributed by atoms with E-state index in [9.17, 15) is 14.0 Å². The van der Waals surface area contributed by atoms with Gasteiger partial charge in [-0.25, -0.2) is 4.39 Å². The van der Waals surface area contributed by atoms with Crippen LogP contribution in [0, 0.1) is 5.82 Å². The molecule has 0 atom stereocenters. The molecule has 1 heterocycles. The summed E-state index contributed by atoms with van der Waals surface area (Å²) in [4.78, 5) is 22.6.